The summed E-state index contributed by atoms with van der Waals surface area (Å²) < 4.78 is 48.3. The molecule has 0 unspecified atom stereocenters. The van der Waals surface area contributed by atoms with E-state index >= 15 is 0 Å². The van der Waals surface area contributed by atoms with E-state index in [1.807, 2.05) is 76.2 Å². The van der Waals surface area contributed by atoms with Crippen LogP contribution in [0.4, 0.5) is 0 Å². The van der Waals surface area contributed by atoms with Crippen LogP contribution in [-0.4, -0.2) is 224 Å². The first-order chi connectivity index (χ1) is 61.5. The van der Waals surface area contributed by atoms with Crippen LogP contribution >= 0.6 is 0 Å². The number of hydrogen-bond acceptors (Lipinski definition) is 25. The highest BCUT2D eigenvalue weighted by Gasteiger charge is 2.49. The second kappa shape index (κ2) is 53.1. The normalized spacial score (nSPS) is 25.0. The van der Waals surface area contributed by atoms with Gasteiger partial charge in [-0.05, 0) is 332 Å². The lowest BCUT2D eigenvalue weighted by Gasteiger charge is -2.32. The van der Waals surface area contributed by atoms with Crippen molar-refractivity contribution in [2.24, 2.45) is 71.0 Å². The molecule has 8 aliphatic rings. The zero-order valence-corrected chi connectivity index (χ0v) is 75.2. The van der Waals surface area contributed by atoms with Crippen molar-refractivity contribution in [3.63, 3.8) is 0 Å². The minimum absolute atomic E-state index is 0.0145. The Bertz CT molecular complexity index is 4020. The first kappa shape index (κ1) is 103. The Kier molecular flexibility index (Phi) is 42.8. The van der Waals surface area contributed by atoms with E-state index in [0.29, 0.717) is 102 Å². The third kappa shape index (κ3) is 31.9. The minimum Gasteiger partial charge on any atom is -0.482 e. The number of carboxylic acids is 4. The molecule has 0 aromatic heterocycles. The Hall–Kier alpha value is -8.52. The van der Waals surface area contributed by atoms with Crippen LogP contribution in [0.15, 0.2) is 72.8 Å². The maximum atomic E-state index is 12.1. The molecule has 0 bridgehead atoms. The molecule has 4 aromatic carbocycles. The molecule has 0 aliphatic heterocycles. The van der Waals surface area contributed by atoms with Crippen molar-refractivity contribution in [2.75, 3.05) is 66.1 Å². The lowest BCUT2D eigenvalue weighted by molar-refractivity contribution is -0.149. The standard InChI is InChI=1S/C26H38O7.C25H36O7.C24H34O8.C24H34O7/c1-2-19(27)10-11-20-21-13-17-7-6-8-24(22(17)14-18(21)15-23(20)28)33-16-26(31)32-12-5-3-4-9-25(29)30;1-2-18(26)9-10-19-20-12-16-6-5-7-23(21(16)13-17(20)14-22(19)27)32-15-25(30)31-11-4-3-8-24(28)29;1-2-17(25)6-7-18-19-10-15-4-3-5-22(20(15)11-16(19)12-21(18)26)32-14-24(29)31-9-8-30-13-23(27)28;1-2-17(25)8-9-18-19-11-15-5-3-6-22(20(15)12-16(19)13-21(18)26)31-14-24(29)30-10-4-7-23(27)28/h6-8,18-21,23,27-28H,2-5,9-16H2,1H3,(H,29,30);5-7,17-20,22,26-27H,2-4,8-15H2,1H3,(H,28,29);3-5,16-19,21,25-26H,2,6-14H2,1H3,(H,27,28);3,5-6,16-19,21,25-26H,2,4,7-14H2,1H3,(H,27,28)/t18-,19-,20+,21-,23+;17-,18-,19+,20-,22+;2*16-,17-,18+,19-,21+/m0000/s1. The van der Waals surface area contributed by atoms with E-state index in [9.17, 15) is 79.2 Å². The number of aliphatic hydroxyl groups is 8. The summed E-state index contributed by atoms with van der Waals surface area (Å²) in [6.07, 6.45) is 19.9. The predicted molar refractivity (Wildman–Crippen MR) is 471 cm³/mol. The number of carbonyl (C=O) groups is 8. The average Bonchev–Trinajstić information content (AvgIpc) is 1.61. The van der Waals surface area contributed by atoms with E-state index < -0.39 is 54.4 Å². The molecule has 12 rings (SSSR count). The number of hydrogen-bond donors (Lipinski definition) is 12. The molecule has 128 heavy (non-hydrogen) atoms. The summed E-state index contributed by atoms with van der Waals surface area (Å²) in [6, 6.07) is 23.6. The molecule has 4 fully saturated rings. The van der Waals surface area contributed by atoms with Crippen LogP contribution in [0, 0.1) is 71.0 Å². The van der Waals surface area contributed by atoms with E-state index in [2.05, 4.69) is 24.3 Å². The second-order valence-corrected chi connectivity index (χ2v) is 36.4. The van der Waals surface area contributed by atoms with Crippen molar-refractivity contribution in [2.45, 2.75) is 288 Å². The van der Waals surface area contributed by atoms with Crippen LogP contribution in [0.5, 0.6) is 23.0 Å². The van der Waals surface area contributed by atoms with E-state index in [1.54, 1.807) is 0 Å². The summed E-state index contributed by atoms with van der Waals surface area (Å²) in [7, 11) is 0. The molecular formula is C99H142O29. The number of esters is 4. The average molecular weight is 1800 g/mol. The SMILES string of the molecule is CC[C@H](O)CC[C@@H]1[C@H]2Cc3cccc(OCC(=O)OCCCC(=O)O)c3C[C@H]2C[C@H]1O.CC[C@H](O)CC[C@@H]1[C@H]2Cc3cccc(OCC(=O)OCCCCC(=O)O)c3C[C@H]2C[C@H]1O.CC[C@H](O)CC[C@@H]1[C@H]2Cc3cccc(OCC(=O)OCCCCCC(=O)O)c3C[C@H]2C[C@H]1O.CC[C@H](O)CC[C@@H]1[C@H]2Cc3cccc(OCC(=O)OCCOCC(=O)O)c3C[C@H]2C[C@H]1O. The number of rotatable bonds is 48. The molecule has 29 heteroatoms. The number of carboxylic acid groups (broad SMARTS) is 4. The quantitative estimate of drug-likeness (QED) is 0.0111. The van der Waals surface area contributed by atoms with Crippen molar-refractivity contribution in [1.29, 1.82) is 0 Å². The Labute approximate surface area is 752 Å². The van der Waals surface area contributed by atoms with Gasteiger partial charge in [-0.1, -0.05) is 76.2 Å². The van der Waals surface area contributed by atoms with E-state index in [0.717, 1.165) is 176 Å². The summed E-state index contributed by atoms with van der Waals surface area (Å²) in [4.78, 5) is 89.7. The van der Waals surface area contributed by atoms with Crippen LogP contribution in [-0.2, 0) is 113 Å². The largest absolute Gasteiger partial charge is 0.482 e. The molecule has 8 aliphatic carbocycles. The molecule has 29 nitrogen and oxygen atoms in total. The maximum Gasteiger partial charge on any atom is 0.344 e. The molecule has 12 N–H and O–H groups in total. The van der Waals surface area contributed by atoms with Gasteiger partial charge in [-0.15, -0.1) is 0 Å². The van der Waals surface area contributed by atoms with Crippen LogP contribution in [0.25, 0.3) is 0 Å². The number of fused-ring (bicyclic) bond motifs is 8. The fourth-order valence-electron chi connectivity index (χ4n) is 20.9. The van der Waals surface area contributed by atoms with Gasteiger partial charge in [0.1, 0.15) is 36.2 Å². The monoisotopic (exact) mass is 1790 g/mol. The Morgan fingerprint density at radius 1 is 0.312 bits per heavy atom. The van der Waals surface area contributed by atoms with Gasteiger partial charge in [0.15, 0.2) is 26.4 Å². The summed E-state index contributed by atoms with van der Waals surface area (Å²) in [5, 5.41) is 117. The molecule has 0 heterocycles. The van der Waals surface area contributed by atoms with Gasteiger partial charge in [-0.3, -0.25) is 14.4 Å². The van der Waals surface area contributed by atoms with Gasteiger partial charge in [-0.2, -0.15) is 0 Å². The Balaban J connectivity index is 0.000000193. The van der Waals surface area contributed by atoms with Gasteiger partial charge < -0.3 is 104 Å². The number of aliphatic carboxylic acids is 4. The van der Waals surface area contributed by atoms with Gasteiger partial charge in [-0.25, -0.2) is 24.0 Å². The van der Waals surface area contributed by atoms with Gasteiger partial charge >= 0.3 is 47.8 Å². The van der Waals surface area contributed by atoms with Gasteiger partial charge in [0.05, 0.1) is 75.3 Å². The predicted octanol–water partition coefficient (Wildman–Crippen LogP) is 11.4. The highest BCUT2D eigenvalue weighted by molar-refractivity contribution is 5.73. The maximum absolute atomic E-state index is 12.1. The number of ether oxygens (including phenoxy) is 9. The number of unbranched alkanes of at least 4 members (excludes halogenated alkanes) is 3. The first-order valence-corrected chi connectivity index (χ1v) is 47.0. The highest BCUT2D eigenvalue weighted by atomic mass is 16.6. The number of benzene rings is 4. The zero-order valence-electron chi connectivity index (χ0n) is 75.2. The topological polar surface area (TPSA) is 462 Å². The fourth-order valence-corrected chi connectivity index (χ4v) is 20.9. The highest BCUT2D eigenvalue weighted by Crippen LogP contribution is 2.53. The molecular weight excluding hydrogens is 1650 g/mol. The van der Waals surface area contributed by atoms with Crippen LogP contribution in [0.2, 0.25) is 0 Å². The van der Waals surface area contributed by atoms with Gasteiger partial charge in [0.25, 0.3) is 0 Å². The smallest absolute Gasteiger partial charge is 0.344 e. The molecule has 0 radical (unpaired) electrons. The summed E-state index contributed by atoms with van der Waals surface area (Å²) in [5.41, 5.74) is 9.25. The molecule has 20 atom stereocenters. The number of aliphatic hydroxyl groups excluding tert-OH is 8. The molecule has 712 valence electrons. The van der Waals surface area contributed by atoms with E-state index in [-0.39, 0.29) is 158 Å². The summed E-state index contributed by atoms with van der Waals surface area (Å²) >= 11 is 0. The third-order valence-electron chi connectivity index (χ3n) is 27.8. The van der Waals surface area contributed by atoms with Crippen LogP contribution in [0.1, 0.15) is 233 Å². The Morgan fingerprint density at radius 3 is 0.844 bits per heavy atom. The summed E-state index contributed by atoms with van der Waals surface area (Å²) in [5.74, 6) is 1.16. The molecule has 0 saturated heterocycles. The van der Waals surface area contributed by atoms with Crippen LogP contribution < -0.4 is 18.9 Å². The third-order valence-corrected chi connectivity index (χ3v) is 27.8. The lowest BCUT2D eigenvalue weighted by Crippen LogP contribution is -2.28. The van der Waals surface area contributed by atoms with E-state index in [4.69, 9.17) is 63.1 Å². The lowest BCUT2D eigenvalue weighted by atomic mass is 9.73. The minimum atomic E-state index is -1.07. The molecule has 0 spiro atoms. The first-order valence-electron chi connectivity index (χ1n) is 47.0. The second-order valence-electron chi connectivity index (χ2n) is 36.4. The summed E-state index contributed by atoms with van der Waals surface area (Å²) in [6.45, 7) is 7.22. The molecule has 4 aromatic rings. The number of carbonyl (C=O) groups excluding carboxylic acids is 4. The van der Waals surface area contributed by atoms with Crippen molar-refractivity contribution < 1.29 is 142 Å². The van der Waals surface area contributed by atoms with Crippen molar-refractivity contribution in [3.8, 4) is 23.0 Å². The van der Waals surface area contributed by atoms with E-state index in [1.165, 1.54) is 22.3 Å². The van der Waals surface area contributed by atoms with Gasteiger partial charge in [0.2, 0.25) is 0 Å². The van der Waals surface area contributed by atoms with Crippen LogP contribution in [0.3, 0.4) is 0 Å². The molecule has 0 amide bonds. The zero-order chi connectivity index (χ0) is 92.3. The van der Waals surface area contributed by atoms with Gasteiger partial charge in [0, 0.05) is 19.3 Å². The van der Waals surface area contributed by atoms with Crippen molar-refractivity contribution in [1.82, 2.24) is 0 Å². The fraction of sp³-hybridized carbons (Fsp3) is 0.677. The van der Waals surface area contributed by atoms with Crippen molar-refractivity contribution >= 4 is 47.8 Å². The van der Waals surface area contributed by atoms with Crippen molar-refractivity contribution in [3.05, 3.63) is 117 Å². The molecule has 4 saturated carbocycles. The Morgan fingerprint density at radius 2 is 0.570 bits per heavy atom.